The number of aryl methyl sites for hydroxylation is 2. The van der Waals surface area contributed by atoms with E-state index in [0.29, 0.717) is 4.88 Å². The van der Waals surface area contributed by atoms with E-state index in [2.05, 4.69) is 10.9 Å². The number of hydrazine groups is 1. The summed E-state index contributed by atoms with van der Waals surface area (Å²) >= 11 is 1.42. The van der Waals surface area contributed by atoms with E-state index in [1.165, 1.54) is 46.2 Å². The third-order valence-electron chi connectivity index (χ3n) is 4.66. The summed E-state index contributed by atoms with van der Waals surface area (Å²) in [5.74, 6) is -1.67. The first-order valence-corrected chi connectivity index (χ1v) is 11.5. The molecule has 7 nitrogen and oxygen atoms in total. The molecule has 9 heteroatoms. The van der Waals surface area contributed by atoms with E-state index in [0.717, 1.165) is 19.3 Å². The Balaban J connectivity index is 1.42. The normalized spacial score (nSPS) is 13.1. The molecule has 0 radical (unpaired) electrons. The SMILES string of the molecule is O=C(NNC(=O)c1occc1CS(=O)(=O)c1ccccc1)c1cc2c(s1)CCC2. The Kier molecular flexibility index (Phi) is 5.25. The fourth-order valence-corrected chi connectivity index (χ4v) is 5.76. The Morgan fingerprint density at radius 1 is 1.03 bits per heavy atom. The van der Waals surface area contributed by atoms with Crippen molar-refractivity contribution >= 4 is 33.0 Å². The van der Waals surface area contributed by atoms with E-state index in [9.17, 15) is 18.0 Å². The number of fused-ring (bicyclic) bond motifs is 1. The summed E-state index contributed by atoms with van der Waals surface area (Å²) < 4.78 is 30.3. The van der Waals surface area contributed by atoms with E-state index in [-0.39, 0.29) is 22.0 Å². The molecule has 1 aliphatic carbocycles. The predicted octanol–water partition coefficient (Wildman–Crippen LogP) is 2.88. The van der Waals surface area contributed by atoms with Crippen molar-refractivity contribution in [3.05, 3.63) is 75.4 Å². The predicted molar refractivity (Wildman–Crippen MR) is 107 cm³/mol. The number of carbonyl (C=O) groups excluding carboxylic acids is 2. The van der Waals surface area contributed by atoms with Gasteiger partial charge in [0.25, 0.3) is 5.91 Å². The van der Waals surface area contributed by atoms with Gasteiger partial charge in [0.2, 0.25) is 0 Å². The van der Waals surface area contributed by atoms with Crippen molar-refractivity contribution in [1.82, 2.24) is 10.9 Å². The maximum absolute atomic E-state index is 12.6. The molecule has 0 aliphatic heterocycles. The Morgan fingerprint density at radius 2 is 1.79 bits per heavy atom. The quantitative estimate of drug-likeness (QED) is 0.606. The van der Waals surface area contributed by atoms with Crippen molar-refractivity contribution in [1.29, 1.82) is 0 Å². The monoisotopic (exact) mass is 430 g/mol. The number of sulfone groups is 1. The molecule has 0 spiro atoms. The van der Waals surface area contributed by atoms with Crippen molar-refractivity contribution in [3.63, 3.8) is 0 Å². The summed E-state index contributed by atoms with van der Waals surface area (Å²) in [4.78, 5) is 26.6. The first-order valence-electron chi connectivity index (χ1n) is 9.00. The molecule has 0 bridgehead atoms. The summed E-state index contributed by atoms with van der Waals surface area (Å²) in [6.07, 6.45) is 4.30. The first kappa shape index (κ1) is 19.4. The zero-order valence-corrected chi connectivity index (χ0v) is 16.9. The minimum atomic E-state index is -3.64. The summed E-state index contributed by atoms with van der Waals surface area (Å²) in [5, 5.41) is 0. The van der Waals surface area contributed by atoms with Gasteiger partial charge in [-0.15, -0.1) is 11.3 Å². The zero-order chi connectivity index (χ0) is 20.4. The maximum Gasteiger partial charge on any atom is 0.305 e. The number of thiophene rings is 1. The van der Waals surface area contributed by atoms with Crippen molar-refractivity contribution in [3.8, 4) is 0 Å². The summed E-state index contributed by atoms with van der Waals surface area (Å²) in [6.45, 7) is 0. The fourth-order valence-electron chi connectivity index (χ4n) is 3.24. The minimum absolute atomic E-state index is 0.154. The van der Waals surface area contributed by atoms with Crippen LogP contribution in [0.1, 0.15) is 42.7 Å². The molecule has 0 atom stereocenters. The van der Waals surface area contributed by atoms with Crippen LogP contribution < -0.4 is 10.9 Å². The molecule has 150 valence electrons. The second-order valence-electron chi connectivity index (χ2n) is 6.67. The van der Waals surface area contributed by atoms with Gasteiger partial charge >= 0.3 is 5.91 Å². The van der Waals surface area contributed by atoms with Crippen LogP contribution in [-0.4, -0.2) is 20.2 Å². The molecular weight excluding hydrogens is 412 g/mol. The molecule has 0 fully saturated rings. The molecule has 1 aliphatic rings. The van der Waals surface area contributed by atoms with Gasteiger partial charge in [0.15, 0.2) is 15.6 Å². The van der Waals surface area contributed by atoms with Crippen LogP contribution >= 0.6 is 11.3 Å². The van der Waals surface area contributed by atoms with Gasteiger partial charge < -0.3 is 4.42 Å². The van der Waals surface area contributed by atoms with Gasteiger partial charge in [-0.3, -0.25) is 20.4 Å². The Hall–Kier alpha value is -2.91. The summed E-state index contributed by atoms with van der Waals surface area (Å²) in [5.41, 5.74) is 6.06. The number of benzene rings is 1. The Morgan fingerprint density at radius 3 is 2.55 bits per heavy atom. The molecule has 4 rings (SSSR count). The minimum Gasteiger partial charge on any atom is -0.459 e. The first-order chi connectivity index (χ1) is 13.9. The summed E-state index contributed by atoms with van der Waals surface area (Å²) in [7, 11) is -3.64. The molecule has 2 amide bonds. The van der Waals surface area contributed by atoms with E-state index in [4.69, 9.17) is 4.42 Å². The lowest BCUT2D eigenvalue weighted by molar-refractivity contribution is 0.0832. The molecular formula is C20H18N2O5S2. The zero-order valence-electron chi connectivity index (χ0n) is 15.3. The van der Waals surface area contributed by atoms with Crippen LogP contribution in [0.2, 0.25) is 0 Å². The highest BCUT2D eigenvalue weighted by atomic mass is 32.2. The van der Waals surface area contributed by atoms with Gasteiger partial charge in [-0.05, 0) is 49.1 Å². The van der Waals surface area contributed by atoms with Crippen LogP contribution in [-0.2, 0) is 28.4 Å². The molecule has 0 saturated carbocycles. The average Bonchev–Trinajstić information content (AvgIpc) is 3.42. The van der Waals surface area contributed by atoms with Gasteiger partial charge in [-0.25, -0.2) is 8.42 Å². The average molecular weight is 431 g/mol. The number of rotatable bonds is 5. The summed E-state index contributed by atoms with van der Waals surface area (Å²) in [6, 6.07) is 11.3. The van der Waals surface area contributed by atoms with E-state index < -0.39 is 21.7 Å². The number of hydrogen-bond acceptors (Lipinski definition) is 6. The van der Waals surface area contributed by atoms with Crippen LogP contribution in [0, 0.1) is 0 Å². The van der Waals surface area contributed by atoms with Gasteiger partial charge in [0.05, 0.1) is 21.8 Å². The second kappa shape index (κ2) is 7.84. The molecule has 2 heterocycles. The number of hydrogen-bond donors (Lipinski definition) is 2. The Bertz CT molecular complexity index is 1140. The van der Waals surface area contributed by atoms with Crippen molar-refractivity contribution in [2.45, 2.75) is 29.9 Å². The topological polar surface area (TPSA) is 105 Å². The highest BCUT2D eigenvalue weighted by Gasteiger charge is 2.23. The van der Waals surface area contributed by atoms with Gasteiger partial charge in [0.1, 0.15) is 0 Å². The molecule has 1 aromatic carbocycles. The third-order valence-corrected chi connectivity index (χ3v) is 7.58. The highest BCUT2D eigenvalue weighted by molar-refractivity contribution is 7.90. The van der Waals surface area contributed by atoms with Crippen LogP contribution in [0.5, 0.6) is 0 Å². The van der Waals surface area contributed by atoms with E-state index >= 15 is 0 Å². The van der Waals surface area contributed by atoms with Crippen LogP contribution in [0.4, 0.5) is 0 Å². The van der Waals surface area contributed by atoms with Gasteiger partial charge in [0, 0.05) is 10.4 Å². The largest absolute Gasteiger partial charge is 0.459 e. The second-order valence-corrected chi connectivity index (χ2v) is 9.79. The number of furan rings is 1. The van der Waals surface area contributed by atoms with Crippen LogP contribution in [0.3, 0.4) is 0 Å². The standard InChI is InChI=1S/C20H18N2O5S2/c23-19(17-11-13-5-4-8-16(13)28-17)21-22-20(24)18-14(9-10-27-18)12-29(25,26)15-6-2-1-3-7-15/h1-3,6-7,9-11H,4-5,8,12H2,(H,21,23)(H,22,24). The van der Waals surface area contributed by atoms with E-state index in [1.54, 1.807) is 18.2 Å². The number of carbonyl (C=O) groups is 2. The maximum atomic E-state index is 12.6. The van der Waals surface area contributed by atoms with Crippen LogP contribution in [0.15, 0.2) is 58.0 Å². The number of amides is 2. The molecule has 2 N–H and O–H groups in total. The van der Waals surface area contributed by atoms with Crippen molar-refractivity contribution < 1.29 is 22.4 Å². The fraction of sp³-hybridized carbons (Fsp3) is 0.200. The number of nitrogens with one attached hydrogen (secondary N) is 2. The van der Waals surface area contributed by atoms with Gasteiger partial charge in [-0.2, -0.15) is 0 Å². The molecule has 0 unspecified atom stereocenters. The molecule has 2 aromatic heterocycles. The molecule has 29 heavy (non-hydrogen) atoms. The van der Waals surface area contributed by atoms with Crippen molar-refractivity contribution in [2.75, 3.05) is 0 Å². The lowest BCUT2D eigenvalue weighted by atomic mass is 10.2. The lowest BCUT2D eigenvalue weighted by Crippen LogP contribution is -2.41. The highest BCUT2D eigenvalue weighted by Crippen LogP contribution is 2.30. The molecule has 3 aromatic rings. The Labute approximate surface area is 171 Å². The molecule has 0 saturated heterocycles. The lowest BCUT2D eigenvalue weighted by Gasteiger charge is -2.07. The smallest absolute Gasteiger partial charge is 0.305 e. The van der Waals surface area contributed by atoms with Crippen molar-refractivity contribution in [2.24, 2.45) is 0 Å². The third kappa shape index (κ3) is 4.10. The van der Waals surface area contributed by atoms with Crippen LogP contribution in [0.25, 0.3) is 0 Å². The van der Waals surface area contributed by atoms with Gasteiger partial charge in [-0.1, -0.05) is 18.2 Å². The van der Waals surface area contributed by atoms with E-state index in [1.807, 2.05) is 6.07 Å².